The summed E-state index contributed by atoms with van der Waals surface area (Å²) in [4.78, 5) is 25.8. The summed E-state index contributed by atoms with van der Waals surface area (Å²) in [5.41, 5.74) is 2.70. The third-order valence-corrected chi connectivity index (χ3v) is 4.60. The fraction of sp³-hybridized carbons (Fsp3) is 0.300. The first kappa shape index (κ1) is 16.4. The van der Waals surface area contributed by atoms with Crippen LogP contribution in [0.3, 0.4) is 0 Å². The minimum atomic E-state index is -0.0837. The van der Waals surface area contributed by atoms with Gasteiger partial charge in [-0.3, -0.25) is 9.59 Å². The first-order valence-corrected chi connectivity index (χ1v) is 8.23. The van der Waals surface area contributed by atoms with Gasteiger partial charge >= 0.3 is 0 Å². The average molecular weight is 323 g/mol. The van der Waals surface area contributed by atoms with Gasteiger partial charge in [-0.25, -0.2) is 0 Å². The molecule has 0 radical (unpaired) electrons. The van der Waals surface area contributed by atoms with Crippen LogP contribution in [0.2, 0.25) is 0 Å². The van der Waals surface area contributed by atoms with E-state index in [1.807, 2.05) is 12.1 Å². The van der Waals surface area contributed by atoms with Gasteiger partial charge in [-0.1, -0.05) is 43.3 Å². The highest BCUT2D eigenvalue weighted by Crippen LogP contribution is 2.32. The summed E-state index contributed by atoms with van der Waals surface area (Å²) in [6, 6.07) is 12.5. The van der Waals surface area contributed by atoms with E-state index in [2.05, 4.69) is 33.4 Å². The number of hydrogen-bond donors (Lipinski definition) is 1. The molecule has 0 saturated carbocycles. The molecule has 1 aliphatic rings. The van der Waals surface area contributed by atoms with Crippen molar-refractivity contribution in [3.05, 3.63) is 64.7 Å². The third kappa shape index (κ3) is 2.63. The predicted octanol–water partition coefficient (Wildman–Crippen LogP) is 3.32. The molecule has 1 N–H and O–H groups in total. The molecule has 4 nitrogen and oxygen atoms in total. The fourth-order valence-electron chi connectivity index (χ4n) is 3.29. The zero-order valence-corrected chi connectivity index (χ0v) is 14.6. The van der Waals surface area contributed by atoms with Crippen LogP contribution in [0, 0.1) is 0 Å². The molecule has 0 heterocycles. The number of quaternary nitrogens is 1. The Kier molecular flexibility index (Phi) is 4.01. The van der Waals surface area contributed by atoms with Gasteiger partial charge in [-0.2, -0.15) is 0 Å². The second kappa shape index (κ2) is 5.87. The Labute approximate surface area is 142 Å². The first-order valence-electron chi connectivity index (χ1n) is 8.23. The van der Waals surface area contributed by atoms with Gasteiger partial charge in [0.15, 0.2) is 17.7 Å². The van der Waals surface area contributed by atoms with E-state index < -0.39 is 0 Å². The average Bonchev–Trinajstić information content (AvgIpc) is 2.56. The highest BCUT2D eigenvalue weighted by Gasteiger charge is 2.32. The van der Waals surface area contributed by atoms with Crippen LogP contribution >= 0.6 is 0 Å². The number of carbonyl (C=O) groups is 2. The summed E-state index contributed by atoms with van der Waals surface area (Å²) < 4.78 is 0.721. The van der Waals surface area contributed by atoms with Gasteiger partial charge in [0, 0.05) is 23.1 Å². The number of fused-ring (bicyclic) bond motifs is 2. The maximum atomic E-state index is 13.0. The topological polar surface area (TPSA) is 46.2 Å². The van der Waals surface area contributed by atoms with Crippen molar-refractivity contribution in [3.8, 4) is 0 Å². The lowest BCUT2D eigenvalue weighted by Gasteiger charge is -2.35. The Bertz CT molecular complexity index is 819. The maximum absolute atomic E-state index is 13.0. The lowest BCUT2D eigenvalue weighted by atomic mass is 9.83. The Balaban J connectivity index is 2.11. The molecule has 0 saturated heterocycles. The van der Waals surface area contributed by atoms with Crippen LogP contribution in [0.15, 0.2) is 42.5 Å². The summed E-state index contributed by atoms with van der Waals surface area (Å²) in [6.07, 6.45) is 1.06. The van der Waals surface area contributed by atoms with Crippen molar-refractivity contribution in [1.82, 2.24) is 0 Å². The monoisotopic (exact) mass is 323 g/mol. The van der Waals surface area contributed by atoms with E-state index in [4.69, 9.17) is 0 Å². The number of benzene rings is 2. The van der Waals surface area contributed by atoms with Crippen LogP contribution in [0.1, 0.15) is 45.2 Å². The quantitative estimate of drug-likeness (QED) is 0.592. The van der Waals surface area contributed by atoms with E-state index in [1.165, 1.54) is 0 Å². The molecule has 1 atom stereocenters. The fourth-order valence-corrected chi connectivity index (χ4v) is 3.29. The van der Waals surface area contributed by atoms with Crippen molar-refractivity contribution in [1.29, 1.82) is 0 Å². The van der Waals surface area contributed by atoms with Gasteiger partial charge in [0.25, 0.3) is 0 Å². The van der Waals surface area contributed by atoms with Crippen LogP contribution in [-0.2, 0) is 0 Å². The van der Waals surface area contributed by atoms with Gasteiger partial charge < -0.3 is 9.80 Å². The van der Waals surface area contributed by atoms with Crippen molar-refractivity contribution in [2.75, 3.05) is 26.5 Å². The number of rotatable bonds is 4. The molecule has 0 aliphatic heterocycles. The molecule has 0 aromatic heterocycles. The van der Waals surface area contributed by atoms with E-state index >= 15 is 0 Å². The molecule has 1 unspecified atom stereocenters. The van der Waals surface area contributed by atoms with Crippen LogP contribution < -0.4 is 5.32 Å². The largest absolute Gasteiger partial charge is 0.336 e. The summed E-state index contributed by atoms with van der Waals surface area (Å²) >= 11 is 0. The van der Waals surface area contributed by atoms with Crippen LogP contribution in [0.5, 0.6) is 0 Å². The third-order valence-electron chi connectivity index (χ3n) is 4.60. The maximum Gasteiger partial charge on any atom is 0.196 e. The standard InChI is InChI=1S/C20H22N2O2/c1-5-17(22(2,3)4)21-16-12-8-11-15-18(16)20(24)14-10-7-6-9-13(14)19(15)23/h6-12,17H,5H2,1-4H3/p+1. The molecule has 124 valence electrons. The van der Waals surface area contributed by atoms with Crippen molar-refractivity contribution in [3.63, 3.8) is 0 Å². The summed E-state index contributed by atoms with van der Waals surface area (Å²) in [5.74, 6) is -0.165. The summed E-state index contributed by atoms with van der Waals surface area (Å²) in [6.45, 7) is 2.11. The van der Waals surface area contributed by atoms with Crippen LogP contribution in [0.25, 0.3) is 0 Å². The number of hydrogen-bond acceptors (Lipinski definition) is 3. The Morgan fingerprint density at radius 2 is 1.46 bits per heavy atom. The molecular formula is C20H23N2O2+. The van der Waals surface area contributed by atoms with Gasteiger partial charge in [-0.15, -0.1) is 0 Å². The molecule has 0 spiro atoms. The molecule has 0 fully saturated rings. The molecular weight excluding hydrogens is 300 g/mol. The first-order chi connectivity index (χ1) is 11.3. The van der Waals surface area contributed by atoms with Crippen molar-refractivity contribution in [2.24, 2.45) is 0 Å². The van der Waals surface area contributed by atoms with E-state index in [9.17, 15) is 9.59 Å². The number of ketones is 2. The predicted molar refractivity (Wildman–Crippen MR) is 95.5 cm³/mol. The van der Waals surface area contributed by atoms with Crippen molar-refractivity contribution < 1.29 is 14.1 Å². The minimum absolute atomic E-state index is 0.0813. The smallest absolute Gasteiger partial charge is 0.196 e. The van der Waals surface area contributed by atoms with Gasteiger partial charge in [-0.05, 0) is 6.07 Å². The molecule has 0 amide bonds. The van der Waals surface area contributed by atoms with Gasteiger partial charge in [0.2, 0.25) is 0 Å². The normalized spacial score (nSPS) is 14.8. The summed E-state index contributed by atoms with van der Waals surface area (Å²) in [7, 11) is 6.33. The number of nitrogens with zero attached hydrogens (tertiary/aromatic N) is 1. The zero-order valence-electron chi connectivity index (χ0n) is 14.6. The SMILES string of the molecule is CCC(Nc1cccc2c1C(=O)c1ccccc1C2=O)[N+](C)(C)C. The van der Waals surface area contributed by atoms with E-state index in [-0.39, 0.29) is 17.7 Å². The highest BCUT2D eigenvalue weighted by atomic mass is 16.1. The summed E-state index contributed by atoms with van der Waals surface area (Å²) in [5, 5.41) is 3.48. The van der Waals surface area contributed by atoms with Crippen molar-refractivity contribution >= 4 is 17.3 Å². The number of anilines is 1. The minimum Gasteiger partial charge on any atom is -0.336 e. The Morgan fingerprint density at radius 3 is 2.04 bits per heavy atom. The second-order valence-corrected chi connectivity index (χ2v) is 7.12. The Hall–Kier alpha value is -2.46. The van der Waals surface area contributed by atoms with Crippen LogP contribution in [-0.4, -0.2) is 43.4 Å². The van der Waals surface area contributed by atoms with E-state index in [0.29, 0.717) is 22.3 Å². The molecule has 4 heteroatoms. The lowest BCUT2D eigenvalue weighted by molar-refractivity contribution is -0.892. The highest BCUT2D eigenvalue weighted by molar-refractivity contribution is 6.30. The Morgan fingerprint density at radius 1 is 0.875 bits per heavy atom. The molecule has 1 aliphatic carbocycles. The molecule has 0 bridgehead atoms. The van der Waals surface area contributed by atoms with Crippen molar-refractivity contribution in [2.45, 2.75) is 19.5 Å². The number of nitrogens with one attached hydrogen (secondary N) is 1. The number of carbonyl (C=O) groups excluding carboxylic acids is 2. The van der Waals surface area contributed by atoms with E-state index in [0.717, 1.165) is 16.6 Å². The second-order valence-electron chi connectivity index (χ2n) is 7.12. The molecule has 24 heavy (non-hydrogen) atoms. The molecule has 2 aromatic rings. The zero-order chi connectivity index (χ0) is 17.5. The lowest BCUT2D eigenvalue weighted by Crippen LogP contribution is -2.49. The van der Waals surface area contributed by atoms with Gasteiger partial charge in [0.05, 0.1) is 32.4 Å². The van der Waals surface area contributed by atoms with Crippen LogP contribution in [0.4, 0.5) is 5.69 Å². The van der Waals surface area contributed by atoms with E-state index in [1.54, 1.807) is 30.3 Å². The molecule has 2 aromatic carbocycles. The molecule has 3 rings (SSSR count). The van der Waals surface area contributed by atoms with Gasteiger partial charge in [0.1, 0.15) is 0 Å².